The van der Waals surface area contributed by atoms with Crippen molar-refractivity contribution in [3.8, 4) is 6.07 Å². The van der Waals surface area contributed by atoms with Crippen molar-refractivity contribution in [2.75, 3.05) is 7.05 Å². The summed E-state index contributed by atoms with van der Waals surface area (Å²) in [5.41, 5.74) is 0. The van der Waals surface area contributed by atoms with Crippen LogP contribution in [-0.4, -0.2) is 25.0 Å². The number of rotatable bonds is 5. The minimum atomic E-state index is -3.54. The molecule has 94 valence electrons. The molecular weight excluding hydrogens is 324 g/mol. The first-order valence-corrected chi connectivity index (χ1v) is 8.17. The van der Waals surface area contributed by atoms with Crippen molar-refractivity contribution in [1.29, 1.82) is 5.26 Å². The fourth-order valence-corrected chi connectivity index (χ4v) is 4.23. The highest BCUT2D eigenvalue weighted by Crippen LogP contribution is 2.25. The molecule has 0 amide bonds. The molecule has 0 N–H and O–H groups in total. The van der Waals surface area contributed by atoms with Crippen molar-refractivity contribution in [2.45, 2.75) is 25.1 Å². The largest absolute Gasteiger partial charge is 0.230 e. The van der Waals surface area contributed by atoms with Crippen LogP contribution in [0.4, 0.5) is 0 Å². The Hall–Kier alpha value is -0.420. The van der Waals surface area contributed by atoms with Crippen LogP contribution in [0.25, 0.3) is 0 Å². The predicted molar refractivity (Wildman–Crippen MR) is 72.1 cm³/mol. The standard InChI is InChI=1S/C10H13BrN2O2S2/c1-3-8(6-12)17(14,15)13(2)7-10-9(11)4-5-16-10/h4-5,8H,3,7H2,1-2H3. The molecule has 1 unspecified atom stereocenters. The van der Waals surface area contributed by atoms with Gasteiger partial charge in [-0.3, -0.25) is 0 Å². The molecule has 1 heterocycles. The first-order valence-electron chi connectivity index (χ1n) is 5.00. The van der Waals surface area contributed by atoms with Crippen LogP contribution in [-0.2, 0) is 16.6 Å². The van der Waals surface area contributed by atoms with Gasteiger partial charge in [0.1, 0.15) is 0 Å². The minimum Gasteiger partial charge on any atom is -0.211 e. The van der Waals surface area contributed by atoms with E-state index in [0.717, 1.165) is 9.35 Å². The summed E-state index contributed by atoms with van der Waals surface area (Å²) in [4.78, 5) is 0.934. The topological polar surface area (TPSA) is 61.2 Å². The molecule has 0 fully saturated rings. The highest BCUT2D eigenvalue weighted by Gasteiger charge is 2.28. The Bertz CT molecular complexity index is 519. The molecule has 0 saturated heterocycles. The molecule has 0 bridgehead atoms. The third-order valence-electron chi connectivity index (χ3n) is 2.37. The Balaban J connectivity index is 2.88. The molecule has 0 aliphatic rings. The number of sulfonamides is 1. The monoisotopic (exact) mass is 336 g/mol. The summed E-state index contributed by atoms with van der Waals surface area (Å²) in [5.74, 6) is 0. The van der Waals surface area contributed by atoms with Gasteiger partial charge < -0.3 is 0 Å². The van der Waals surface area contributed by atoms with Crippen LogP contribution >= 0.6 is 27.3 Å². The van der Waals surface area contributed by atoms with Gasteiger partial charge in [0.25, 0.3) is 0 Å². The van der Waals surface area contributed by atoms with Crippen LogP contribution in [0.2, 0.25) is 0 Å². The molecule has 0 saturated carbocycles. The Kier molecular flexibility index (Phi) is 5.13. The fraction of sp³-hybridized carbons (Fsp3) is 0.500. The lowest BCUT2D eigenvalue weighted by atomic mass is 10.4. The maximum absolute atomic E-state index is 12.0. The Morgan fingerprint density at radius 1 is 1.65 bits per heavy atom. The summed E-state index contributed by atoms with van der Waals surface area (Å²) in [7, 11) is -2.03. The highest BCUT2D eigenvalue weighted by molar-refractivity contribution is 9.10. The summed E-state index contributed by atoms with van der Waals surface area (Å²) >= 11 is 4.84. The molecule has 0 aliphatic carbocycles. The van der Waals surface area contributed by atoms with Crippen molar-refractivity contribution in [3.63, 3.8) is 0 Å². The Morgan fingerprint density at radius 2 is 2.29 bits per heavy atom. The third kappa shape index (κ3) is 3.28. The van der Waals surface area contributed by atoms with Crippen LogP contribution in [0.15, 0.2) is 15.9 Å². The molecule has 17 heavy (non-hydrogen) atoms. The lowest BCUT2D eigenvalue weighted by Gasteiger charge is -2.19. The highest BCUT2D eigenvalue weighted by atomic mass is 79.9. The van der Waals surface area contributed by atoms with Crippen LogP contribution in [0.1, 0.15) is 18.2 Å². The van der Waals surface area contributed by atoms with Crippen molar-refractivity contribution < 1.29 is 8.42 Å². The summed E-state index contributed by atoms with van der Waals surface area (Å²) < 4.78 is 26.2. The number of halogens is 1. The van der Waals surface area contributed by atoms with Gasteiger partial charge in [-0.1, -0.05) is 6.92 Å². The summed E-state index contributed by atoms with van der Waals surface area (Å²) in [6, 6.07) is 3.71. The van der Waals surface area contributed by atoms with E-state index in [1.165, 1.54) is 22.7 Å². The molecule has 1 atom stereocenters. The number of hydrogen-bond acceptors (Lipinski definition) is 4. The molecule has 0 spiro atoms. The van der Waals surface area contributed by atoms with Gasteiger partial charge in [0.15, 0.2) is 5.25 Å². The number of nitrogens with zero attached hydrogens (tertiary/aromatic N) is 2. The van der Waals surface area contributed by atoms with E-state index in [-0.39, 0.29) is 0 Å². The van der Waals surface area contributed by atoms with E-state index in [1.807, 2.05) is 17.5 Å². The van der Waals surface area contributed by atoms with E-state index in [0.29, 0.717) is 13.0 Å². The van der Waals surface area contributed by atoms with Crippen LogP contribution < -0.4 is 0 Å². The molecular formula is C10H13BrN2O2S2. The summed E-state index contributed by atoms with van der Waals surface area (Å²) in [6.45, 7) is 1.99. The first kappa shape index (κ1) is 14.6. The molecule has 1 aromatic heterocycles. The first-order chi connectivity index (χ1) is 7.93. The van der Waals surface area contributed by atoms with Gasteiger partial charge in [-0.15, -0.1) is 11.3 Å². The smallest absolute Gasteiger partial charge is 0.211 e. The van der Waals surface area contributed by atoms with E-state index >= 15 is 0 Å². The van der Waals surface area contributed by atoms with Gasteiger partial charge in [0.05, 0.1) is 6.07 Å². The van der Waals surface area contributed by atoms with Crippen LogP contribution in [0.5, 0.6) is 0 Å². The Labute approximate surface area is 114 Å². The maximum atomic E-state index is 12.0. The second kappa shape index (κ2) is 5.96. The molecule has 1 aromatic rings. The summed E-state index contributed by atoms with van der Waals surface area (Å²) in [6.07, 6.45) is 0.300. The van der Waals surface area contributed by atoms with E-state index in [9.17, 15) is 8.42 Å². The number of hydrogen-bond donors (Lipinski definition) is 0. The average molecular weight is 337 g/mol. The molecule has 1 rings (SSSR count). The SMILES string of the molecule is CCC(C#N)S(=O)(=O)N(C)Cc1sccc1Br. The van der Waals surface area contributed by atoms with Crippen LogP contribution in [0, 0.1) is 11.3 Å². The zero-order valence-corrected chi connectivity index (χ0v) is 12.8. The lowest BCUT2D eigenvalue weighted by Crippen LogP contribution is -2.34. The predicted octanol–water partition coefficient (Wildman–Crippen LogP) is 2.57. The van der Waals surface area contributed by atoms with Crippen molar-refractivity contribution in [2.24, 2.45) is 0 Å². The summed E-state index contributed by atoms with van der Waals surface area (Å²) in [5, 5.41) is 9.75. The van der Waals surface area contributed by atoms with Crippen molar-refractivity contribution in [1.82, 2.24) is 4.31 Å². The lowest BCUT2D eigenvalue weighted by molar-refractivity contribution is 0.462. The molecule has 4 nitrogen and oxygen atoms in total. The second-order valence-electron chi connectivity index (χ2n) is 3.52. The number of thiophene rings is 1. The van der Waals surface area contributed by atoms with Gasteiger partial charge in [-0.05, 0) is 33.8 Å². The fourth-order valence-electron chi connectivity index (χ4n) is 1.32. The average Bonchev–Trinajstić information content (AvgIpc) is 2.65. The second-order valence-corrected chi connectivity index (χ2v) is 7.60. The van der Waals surface area contributed by atoms with E-state index < -0.39 is 15.3 Å². The Morgan fingerprint density at radius 3 is 2.71 bits per heavy atom. The zero-order chi connectivity index (χ0) is 13.1. The van der Waals surface area contributed by atoms with E-state index in [1.54, 1.807) is 6.92 Å². The maximum Gasteiger partial charge on any atom is 0.230 e. The van der Waals surface area contributed by atoms with Gasteiger partial charge in [-0.2, -0.15) is 9.57 Å². The molecule has 0 radical (unpaired) electrons. The van der Waals surface area contributed by atoms with Gasteiger partial charge in [0, 0.05) is 22.9 Å². The quantitative estimate of drug-likeness (QED) is 0.830. The molecule has 0 aliphatic heterocycles. The van der Waals surface area contributed by atoms with Crippen LogP contribution in [0.3, 0.4) is 0 Å². The number of nitriles is 1. The minimum absolute atomic E-state index is 0.290. The van der Waals surface area contributed by atoms with Crippen molar-refractivity contribution in [3.05, 3.63) is 20.8 Å². The molecule has 0 aromatic carbocycles. The van der Waals surface area contributed by atoms with Gasteiger partial charge >= 0.3 is 0 Å². The third-order valence-corrected chi connectivity index (χ3v) is 6.43. The van der Waals surface area contributed by atoms with Gasteiger partial charge in [0.2, 0.25) is 10.0 Å². The van der Waals surface area contributed by atoms with Gasteiger partial charge in [-0.25, -0.2) is 8.42 Å². The van der Waals surface area contributed by atoms with Crippen molar-refractivity contribution >= 4 is 37.3 Å². The molecule has 7 heteroatoms. The van der Waals surface area contributed by atoms with E-state index in [4.69, 9.17) is 5.26 Å². The normalized spacial score (nSPS) is 13.6. The van der Waals surface area contributed by atoms with E-state index in [2.05, 4.69) is 15.9 Å². The zero-order valence-electron chi connectivity index (χ0n) is 9.55.